The molecule has 114 valence electrons. The van der Waals surface area contributed by atoms with Gasteiger partial charge >= 0.3 is 0 Å². The number of hydrogen-bond acceptors (Lipinski definition) is 4. The summed E-state index contributed by atoms with van der Waals surface area (Å²) in [6.07, 6.45) is 1.29. The SMILES string of the molecule is CNCC1CCN(C(=O)Cc2ccc([N+](=O)[O-])cc2Br)C1. The number of likely N-dealkylation sites (tertiary alicyclic amines) is 1. The van der Waals surface area contributed by atoms with Crippen LogP contribution in [0.5, 0.6) is 0 Å². The molecule has 1 aromatic carbocycles. The van der Waals surface area contributed by atoms with Crippen LogP contribution in [0.4, 0.5) is 5.69 Å². The van der Waals surface area contributed by atoms with E-state index in [9.17, 15) is 14.9 Å². The molecule has 1 unspecified atom stereocenters. The average Bonchev–Trinajstić information content (AvgIpc) is 2.90. The van der Waals surface area contributed by atoms with E-state index in [0.717, 1.165) is 31.6 Å². The van der Waals surface area contributed by atoms with E-state index >= 15 is 0 Å². The number of hydrogen-bond donors (Lipinski definition) is 1. The number of nitro groups is 1. The first-order valence-corrected chi connectivity index (χ1v) is 7.65. The van der Waals surface area contributed by atoms with Gasteiger partial charge in [-0.05, 0) is 31.5 Å². The van der Waals surface area contributed by atoms with Crippen LogP contribution in [-0.4, -0.2) is 42.4 Å². The number of amides is 1. The Balaban J connectivity index is 1.99. The van der Waals surface area contributed by atoms with Crippen LogP contribution in [0, 0.1) is 16.0 Å². The van der Waals surface area contributed by atoms with Crippen LogP contribution in [0.15, 0.2) is 22.7 Å². The number of benzene rings is 1. The highest BCUT2D eigenvalue weighted by Crippen LogP contribution is 2.24. The lowest BCUT2D eigenvalue weighted by atomic mass is 10.1. The van der Waals surface area contributed by atoms with E-state index in [1.54, 1.807) is 6.07 Å². The largest absolute Gasteiger partial charge is 0.342 e. The zero-order chi connectivity index (χ0) is 15.4. The van der Waals surface area contributed by atoms with Crippen molar-refractivity contribution < 1.29 is 9.72 Å². The predicted octanol–water partition coefficient (Wildman–Crippen LogP) is 1.97. The molecular weight excluding hydrogens is 338 g/mol. The van der Waals surface area contributed by atoms with Gasteiger partial charge in [-0.2, -0.15) is 0 Å². The molecule has 0 spiro atoms. The van der Waals surface area contributed by atoms with Crippen LogP contribution >= 0.6 is 15.9 Å². The van der Waals surface area contributed by atoms with Gasteiger partial charge in [0.1, 0.15) is 0 Å². The van der Waals surface area contributed by atoms with E-state index in [4.69, 9.17) is 0 Å². The maximum atomic E-state index is 12.3. The fourth-order valence-electron chi connectivity index (χ4n) is 2.58. The summed E-state index contributed by atoms with van der Waals surface area (Å²) >= 11 is 3.30. The van der Waals surface area contributed by atoms with Gasteiger partial charge in [-0.25, -0.2) is 0 Å². The van der Waals surface area contributed by atoms with Crippen molar-refractivity contribution in [1.29, 1.82) is 0 Å². The Kier molecular flexibility index (Phi) is 5.30. The van der Waals surface area contributed by atoms with Gasteiger partial charge in [-0.15, -0.1) is 0 Å². The van der Waals surface area contributed by atoms with Crippen molar-refractivity contribution >= 4 is 27.5 Å². The Morgan fingerprint density at radius 2 is 2.33 bits per heavy atom. The third-order valence-electron chi connectivity index (χ3n) is 3.72. The molecule has 1 aromatic rings. The van der Waals surface area contributed by atoms with Crippen LogP contribution in [0.25, 0.3) is 0 Å². The second kappa shape index (κ2) is 7.00. The Morgan fingerprint density at radius 3 is 2.95 bits per heavy atom. The topological polar surface area (TPSA) is 75.5 Å². The van der Waals surface area contributed by atoms with Crippen LogP contribution in [0.2, 0.25) is 0 Å². The molecule has 6 nitrogen and oxygen atoms in total. The van der Waals surface area contributed by atoms with E-state index < -0.39 is 4.92 Å². The molecule has 1 heterocycles. The fourth-order valence-corrected chi connectivity index (χ4v) is 3.09. The summed E-state index contributed by atoms with van der Waals surface area (Å²) in [5.41, 5.74) is 0.802. The summed E-state index contributed by atoms with van der Waals surface area (Å²) < 4.78 is 0.607. The van der Waals surface area contributed by atoms with E-state index in [1.807, 2.05) is 11.9 Å². The Morgan fingerprint density at radius 1 is 1.57 bits per heavy atom. The van der Waals surface area contributed by atoms with Crippen LogP contribution < -0.4 is 5.32 Å². The normalized spacial score (nSPS) is 18.0. The van der Waals surface area contributed by atoms with Gasteiger partial charge in [0, 0.05) is 29.7 Å². The van der Waals surface area contributed by atoms with Gasteiger partial charge in [0.15, 0.2) is 0 Å². The Hall–Kier alpha value is -1.47. The maximum absolute atomic E-state index is 12.3. The standard InChI is InChI=1S/C14H18BrN3O3/c1-16-8-10-4-5-17(9-10)14(19)6-11-2-3-12(18(20)21)7-13(11)15/h2-3,7,10,16H,4-6,8-9H2,1H3. The minimum atomic E-state index is -0.445. The lowest BCUT2D eigenvalue weighted by Crippen LogP contribution is -2.31. The third-order valence-corrected chi connectivity index (χ3v) is 4.46. The van der Waals surface area contributed by atoms with Gasteiger partial charge in [-0.3, -0.25) is 14.9 Å². The quantitative estimate of drug-likeness (QED) is 0.647. The van der Waals surface area contributed by atoms with Crippen molar-refractivity contribution in [3.8, 4) is 0 Å². The lowest BCUT2D eigenvalue weighted by molar-refractivity contribution is -0.384. The lowest BCUT2D eigenvalue weighted by Gasteiger charge is -2.17. The van der Waals surface area contributed by atoms with Crippen LogP contribution in [-0.2, 0) is 11.2 Å². The van der Waals surface area contributed by atoms with E-state index in [2.05, 4.69) is 21.2 Å². The number of nitrogens with zero attached hydrogens (tertiary/aromatic N) is 2. The number of non-ortho nitro benzene ring substituents is 1. The van der Waals surface area contributed by atoms with E-state index in [0.29, 0.717) is 10.4 Å². The molecule has 0 radical (unpaired) electrons. The van der Waals surface area contributed by atoms with Crippen LogP contribution in [0.1, 0.15) is 12.0 Å². The van der Waals surface area contributed by atoms with Gasteiger partial charge in [0.05, 0.1) is 11.3 Å². The third kappa shape index (κ3) is 4.01. The number of halogens is 1. The van der Waals surface area contributed by atoms with Crippen molar-refractivity contribution in [2.75, 3.05) is 26.7 Å². The van der Waals surface area contributed by atoms with Crippen LogP contribution in [0.3, 0.4) is 0 Å². The first kappa shape index (κ1) is 15.9. The van der Waals surface area contributed by atoms with Crippen molar-refractivity contribution in [3.05, 3.63) is 38.3 Å². The van der Waals surface area contributed by atoms with E-state index in [-0.39, 0.29) is 18.0 Å². The second-order valence-corrected chi connectivity index (χ2v) is 6.12. The molecule has 21 heavy (non-hydrogen) atoms. The summed E-state index contributed by atoms with van der Waals surface area (Å²) in [5, 5.41) is 13.8. The second-order valence-electron chi connectivity index (χ2n) is 5.26. The zero-order valence-corrected chi connectivity index (χ0v) is 13.4. The minimum Gasteiger partial charge on any atom is -0.342 e. The molecule has 2 rings (SSSR count). The monoisotopic (exact) mass is 355 g/mol. The summed E-state index contributed by atoms with van der Waals surface area (Å²) in [5.74, 6) is 0.586. The molecule has 1 amide bonds. The molecule has 0 aromatic heterocycles. The molecule has 0 saturated carbocycles. The molecule has 7 heteroatoms. The average molecular weight is 356 g/mol. The fraction of sp³-hybridized carbons (Fsp3) is 0.500. The first-order valence-electron chi connectivity index (χ1n) is 6.86. The minimum absolute atomic E-state index is 0.0216. The number of carbonyl (C=O) groups excluding carboxylic acids is 1. The summed E-state index contributed by atoms with van der Waals surface area (Å²) in [6, 6.07) is 4.51. The van der Waals surface area contributed by atoms with Gasteiger partial charge in [0.25, 0.3) is 5.69 Å². The van der Waals surface area contributed by atoms with Crippen molar-refractivity contribution in [1.82, 2.24) is 10.2 Å². The zero-order valence-electron chi connectivity index (χ0n) is 11.8. The van der Waals surface area contributed by atoms with Gasteiger partial charge < -0.3 is 10.2 Å². The number of rotatable bonds is 5. The molecule has 1 aliphatic heterocycles. The highest BCUT2D eigenvalue weighted by Gasteiger charge is 2.26. The summed E-state index contributed by atoms with van der Waals surface area (Å²) in [7, 11) is 1.92. The molecule has 1 N–H and O–H groups in total. The Labute approximate surface area is 131 Å². The number of carbonyl (C=O) groups is 1. The highest BCUT2D eigenvalue weighted by atomic mass is 79.9. The smallest absolute Gasteiger partial charge is 0.270 e. The van der Waals surface area contributed by atoms with Crippen molar-refractivity contribution in [2.45, 2.75) is 12.8 Å². The van der Waals surface area contributed by atoms with E-state index in [1.165, 1.54) is 12.1 Å². The molecule has 1 fully saturated rings. The molecular formula is C14H18BrN3O3. The van der Waals surface area contributed by atoms with Gasteiger partial charge in [0.2, 0.25) is 5.91 Å². The Bertz CT molecular complexity index is 550. The summed E-state index contributed by atoms with van der Waals surface area (Å²) in [6.45, 7) is 2.49. The number of nitro benzene ring substituents is 1. The molecule has 1 aliphatic rings. The maximum Gasteiger partial charge on any atom is 0.270 e. The van der Waals surface area contributed by atoms with Gasteiger partial charge in [-0.1, -0.05) is 22.0 Å². The summed E-state index contributed by atoms with van der Waals surface area (Å²) in [4.78, 5) is 24.4. The molecule has 1 saturated heterocycles. The first-order chi connectivity index (χ1) is 10.0. The predicted molar refractivity (Wildman–Crippen MR) is 83.1 cm³/mol. The number of nitrogens with one attached hydrogen (secondary N) is 1. The van der Waals surface area contributed by atoms with Crippen molar-refractivity contribution in [2.24, 2.45) is 5.92 Å². The van der Waals surface area contributed by atoms with Crippen molar-refractivity contribution in [3.63, 3.8) is 0 Å². The molecule has 1 atom stereocenters. The molecule has 0 aliphatic carbocycles. The highest BCUT2D eigenvalue weighted by molar-refractivity contribution is 9.10. The molecule has 0 bridgehead atoms.